The molecule has 0 radical (unpaired) electrons. The second-order valence-electron chi connectivity index (χ2n) is 3.01. The molecule has 0 aromatic heterocycles. The Hall–Kier alpha value is -0.540. The van der Waals surface area contributed by atoms with Crippen LogP contribution in [-0.2, 0) is 11.3 Å². The first kappa shape index (κ1) is 11.5. The second-order valence-corrected chi connectivity index (χ2v) is 4.01. The van der Waals surface area contributed by atoms with Gasteiger partial charge in [0.15, 0.2) is 0 Å². The Morgan fingerprint density at radius 3 is 2.86 bits per heavy atom. The summed E-state index contributed by atoms with van der Waals surface area (Å²) in [6.45, 7) is 0.588. The molecule has 0 aliphatic rings. The van der Waals surface area contributed by atoms with Crippen molar-refractivity contribution in [1.82, 2.24) is 4.90 Å². The second kappa shape index (κ2) is 5.37. The minimum Gasteiger partial charge on any atom is -0.341 e. The predicted octanol–water partition coefficient (Wildman–Crippen LogP) is 2.69. The number of hydrogen-bond donors (Lipinski definition) is 0. The van der Waals surface area contributed by atoms with Crippen LogP contribution in [-0.4, -0.2) is 23.2 Å². The smallest absolute Gasteiger partial charge is 0.233 e. The highest BCUT2D eigenvalue weighted by molar-refractivity contribution is 9.09. The van der Waals surface area contributed by atoms with Gasteiger partial charge >= 0.3 is 0 Å². The van der Waals surface area contributed by atoms with Gasteiger partial charge in [0.25, 0.3) is 0 Å². The maximum absolute atomic E-state index is 11.2. The number of rotatable bonds is 3. The first-order valence-corrected chi connectivity index (χ1v) is 5.68. The third-order valence-corrected chi connectivity index (χ3v) is 2.56. The maximum Gasteiger partial charge on any atom is 0.233 e. The average molecular weight is 277 g/mol. The molecule has 0 heterocycles. The lowest BCUT2D eigenvalue weighted by Gasteiger charge is -2.15. The number of hydrogen-bond acceptors (Lipinski definition) is 1. The topological polar surface area (TPSA) is 20.3 Å². The molecule has 0 bridgehead atoms. The summed E-state index contributed by atoms with van der Waals surface area (Å²) >= 11 is 8.95. The number of halogens is 2. The van der Waals surface area contributed by atoms with Crippen LogP contribution in [0.4, 0.5) is 0 Å². The number of carbonyl (C=O) groups is 1. The van der Waals surface area contributed by atoms with Crippen LogP contribution in [0.25, 0.3) is 0 Å². The van der Waals surface area contributed by atoms with Crippen molar-refractivity contribution in [3.8, 4) is 0 Å². The fraction of sp³-hybridized carbons (Fsp3) is 0.300. The summed E-state index contributed by atoms with van der Waals surface area (Å²) in [5, 5.41) is 1.05. The van der Waals surface area contributed by atoms with Crippen LogP contribution in [0, 0.1) is 0 Å². The van der Waals surface area contributed by atoms with E-state index in [4.69, 9.17) is 11.6 Å². The van der Waals surface area contributed by atoms with E-state index in [-0.39, 0.29) is 5.91 Å². The fourth-order valence-corrected chi connectivity index (χ4v) is 1.74. The average Bonchev–Trinajstić information content (AvgIpc) is 2.16. The highest BCUT2D eigenvalue weighted by Crippen LogP contribution is 2.12. The Labute approximate surface area is 97.0 Å². The molecule has 76 valence electrons. The molecule has 0 saturated heterocycles. The Morgan fingerprint density at radius 1 is 1.57 bits per heavy atom. The normalized spacial score (nSPS) is 9.93. The molecule has 1 aromatic rings. The minimum atomic E-state index is 0.0602. The molecule has 14 heavy (non-hydrogen) atoms. The van der Waals surface area contributed by atoms with Crippen LogP contribution in [0.3, 0.4) is 0 Å². The van der Waals surface area contributed by atoms with Gasteiger partial charge in [0.2, 0.25) is 5.91 Å². The van der Waals surface area contributed by atoms with Gasteiger partial charge in [-0.2, -0.15) is 0 Å². The molecule has 0 aliphatic carbocycles. The summed E-state index contributed by atoms with van der Waals surface area (Å²) in [4.78, 5) is 12.9. The first-order chi connectivity index (χ1) is 6.63. The summed E-state index contributed by atoms with van der Waals surface area (Å²) in [5.74, 6) is 0.0602. The van der Waals surface area contributed by atoms with Crippen molar-refractivity contribution in [3.05, 3.63) is 34.9 Å². The molecule has 0 fully saturated rings. The number of alkyl halides is 1. The van der Waals surface area contributed by atoms with Crippen molar-refractivity contribution in [2.75, 3.05) is 12.4 Å². The number of nitrogens with zero attached hydrogens (tertiary/aromatic N) is 1. The van der Waals surface area contributed by atoms with E-state index in [0.717, 1.165) is 5.56 Å². The van der Waals surface area contributed by atoms with E-state index in [0.29, 0.717) is 16.9 Å². The molecule has 0 saturated carbocycles. The molecule has 0 N–H and O–H groups in total. The van der Waals surface area contributed by atoms with Gasteiger partial charge in [-0.15, -0.1) is 0 Å². The molecule has 2 nitrogen and oxygen atoms in total. The molecular weight excluding hydrogens is 265 g/mol. The third kappa shape index (κ3) is 3.31. The van der Waals surface area contributed by atoms with Gasteiger partial charge in [-0.3, -0.25) is 4.79 Å². The zero-order valence-electron chi connectivity index (χ0n) is 7.84. The number of benzene rings is 1. The van der Waals surface area contributed by atoms with Crippen molar-refractivity contribution in [3.63, 3.8) is 0 Å². The Balaban J connectivity index is 2.64. The Kier molecular flexibility index (Phi) is 4.42. The molecule has 1 amide bonds. The molecule has 1 aromatic carbocycles. The lowest BCUT2D eigenvalue weighted by atomic mass is 10.2. The number of amides is 1. The quantitative estimate of drug-likeness (QED) is 0.777. The highest BCUT2D eigenvalue weighted by atomic mass is 79.9. The maximum atomic E-state index is 11.2. The molecular formula is C10H11BrClNO. The van der Waals surface area contributed by atoms with Crippen LogP contribution in [0.5, 0.6) is 0 Å². The van der Waals surface area contributed by atoms with E-state index in [9.17, 15) is 4.79 Å². The van der Waals surface area contributed by atoms with E-state index < -0.39 is 0 Å². The fourth-order valence-electron chi connectivity index (χ4n) is 1.10. The van der Waals surface area contributed by atoms with Crippen LogP contribution in [0.1, 0.15) is 5.56 Å². The van der Waals surface area contributed by atoms with Gasteiger partial charge in [0, 0.05) is 18.6 Å². The van der Waals surface area contributed by atoms with Crippen molar-refractivity contribution >= 4 is 33.4 Å². The van der Waals surface area contributed by atoms with Crippen LogP contribution in [0.2, 0.25) is 5.02 Å². The summed E-state index contributed by atoms with van der Waals surface area (Å²) in [5.41, 5.74) is 1.04. The van der Waals surface area contributed by atoms with Gasteiger partial charge in [0.05, 0.1) is 5.33 Å². The summed E-state index contributed by atoms with van der Waals surface area (Å²) in [7, 11) is 1.77. The van der Waals surface area contributed by atoms with Gasteiger partial charge in [-0.05, 0) is 17.7 Å². The van der Waals surface area contributed by atoms with E-state index >= 15 is 0 Å². The van der Waals surface area contributed by atoms with Crippen LogP contribution < -0.4 is 0 Å². The van der Waals surface area contributed by atoms with Gasteiger partial charge in [-0.1, -0.05) is 39.7 Å². The summed E-state index contributed by atoms with van der Waals surface area (Å²) < 4.78 is 0. The lowest BCUT2D eigenvalue weighted by molar-refractivity contribution is -0.127. The van der Waals surface area contributed by atoms with E-state index in [1.807, 2.05) is 24.3 Å². The first-order valence-electron chi connectivity index (χ1n) is 4.18. The molecule has 4 heteroatoms. The van der Waals surface area contributed by atoms with E-state index in [1.165, 1.54) is 0 Å². The van der Waals surface area contributed by atoms with Crippen LogP contribution >= 0.6 is 27.5 Å². The third-order valence-electron chi connectivity index (χ3n) is 1.85. The highest BCUT2D eigenvalue weighted by Gasteiger charge is 2.06. The minimum absolute atomic E-state index is 0.0602. The standard InChI is InChI=1S/C10H11BrClNO/c1-13(10(14)6-11)7-8-3-2-4-9(12)5-8/h2-5H,6-7H2,1H3. The zero-order valence-corrected chi connectivity index (χ0v) is 10.2. The van der Waals surface area contributed by atoms with Crippen molar-refractivity contribution < 1.29 is 4.79 Å². The largest absolute Gasteiger partial charge is 0.341 e. The molecule has 0 spiro atoms. The van der Waals surface area contributed by atoms with Gasteiger partial charge in [0.1, 0.15) is 0 Å². The Morgan fingerprint density at radius 2 is 2.29 bits per heavy atom. The number of carbonyl (C=O) groups excluding carboxylic acids is 1. The van der Waals surface area contributed by atoms with Crippen molar-refractivity contribution in [1.29, 1.82) is 0 Å². The van der Waals surface area contributed by atoms with Crippen LogP contribution in [0.15, 0.2) is 24.3 Å². The SMILES string of the molecule is CN(Cc1cccc(Cl)c1)C(=O)CBr. The molecule has 1 rings (SSSR count). The monoisotopic (exact) mass is 275 g/mol. The molecule has 0 atom stereocenters. The summed E-state index contributed by atoms with van der Waals surface area (Å²) in [6.07, 6.45) is 0. The van der Waals surface area contributed by atoms with E-state index in [2.05, 4.69) is 15.9 Å². The van der Waals surface area contributed by atoms with Crippen molar-refractivity contribution in [2.24, 2.45) is 0 Å². The van der Waals surface area contributed by atoms with Gasteiger partial charge in [-0.25, -0.2) is 0 Å². The molecule has 0 unspecified atom stereocenters. The van der Waals surface area contributed by atoms with E-state index in [1.54, 1.807) is 11.9 Å². The lowest BCUT2D eigenvalue weighted by Crippen LogP contribution is -2.26. The predicted molar refractivity (Wildman–Crippen MR) is 61.7 cm³/mol. The molecule has 0 aliphatic heterocycles. The van der Waals surface area contributed by atoms with Crippen molar-refractivity contribution in [2.45, 2.75) is 6.54 Å². The van der Waals surface area contributed by atoms with Gasteiger partial charge < -0.3 is 4.90 Å². The zero-order chi connectivity index (χ0) is 10.6. The Bertz CT molecular complexity index is 330. The summed E-state index contributed by atoms with van der Waals surface area (Å²) in [6, 6.07) is 7.50.